The lowest BCUT2D eigenvalue weighted by Gasteiger charge is -2.38. The highest BCUT2D eigenvalue weighted by atomic mass is 79.9. The van der Waals surface area contributed by atoms with Crippen molar-refractivity contribution in [2.45, 2.75) is 56.5 Å². The number of ether oxygens (including phenoxy) is 2. The number of imide groups is 1. The van der Waals surface area contributed by atoms with Crippen LogP contribution >= 0.6 is 15.9 Å². The van der Waals surface area contributed by atoms with E-state index in [1.807, 2.05) is 60.7 Å². The van der Waals surface area contributed by atoms with E-state index in [-0.39, 0.29) is 30.5 Å². The fourth-order valence-electron chi connectivity index (χ4n) is 4.89. The van der Waals surface area contributed by atoms with Crippen molar-refractivity contribution in [1.29, 1.82) is 0 Å². The van der Waals surface area contributed by atoms with E-state index in [1.165, 1.54) is 6.08 Å². The van der Waals surface area contributed by atoms with Crippen molar-refractivity contribution in [3.63, 3.8) is 0 Å². The van der Waals surface area contributed by atoms with Crippen LogP contribution in [0.3, 0.4) is 0 Å². The molecule has 0 saturated carbocycles. The molecule has 2 aliphatic heterocycles. The highest BCUT2D eigenvalue weighted by Gasteiger charge is 2.49. The summed E-state index contributed by atoms with van der Waals surface area (Å²) in [5.41, 5.74) is 1.52. The van der Waals surface area contributed by atoms with Gasteiger partial charge in [-0.25, -0.2) is 9.69 Å². The Morgan fingerprint density at radius 2 is 1.68 bits per heavy atom. The summed E-state index contributed by atoms with van der Waals surface area (Å²) >= 11 is 3.29. The minimum absolute atomic E-state index is 0.00927. The molecule has 38 heavy (non-hydrogen) atoms. The molecule has 0 spiro atoms. The molecule has 0 radical (unpaired) electrons. The maximum absolute atomic E-state index is 14.1. The number of aliphatic hydroxyl groups excluding tert-OH is 1. The molecule has 2 aliphatic rings. The molecular weight excluding hydrogens is 554 g/mol. The summed E-state index contributed by atoms with van der Waals surface area (Å²) in [7, 11) is 0. The van der Waals surface area contributed by atoms with Crippen molar-refractivity contribution in [3.05, 3.63) is 82.3 Å². The van der Waals surface area contributed by atoms with Gasteiger partial charge < -0.3 is 19.7 Å². The Labute approximate surface area is 230 Å². The zero-order valence-electron chi connectivity index (χ0n) is 21.0. The zero-order valence-corrected chi connectivity index (χ0v) is 22.6. The molecule has 4 atom stereocenters. The van der Waals surface area contributed by atoms with Crippen LogP contribution in [0, 0.1) is 5.92 Å². The van der Waals surface area contributed by atoms with E-state index >= 15 is 0 Å². The average molecular weight is 586 g/mol. The smallest absolute Gasteiger partial charge is 0.417 e. The van der Waals surface area contributed by atoms with Gasteiger partial charge in [0.2, 0.25) is 5.91 Å². The number of aliphatic hydroxyl groups is 2. The monoisotopic (exact) mass is 585 g/mol. The molecule has 2 N–H and O–H groups in total. The third-order valence-corrected chi connectivity index (χ3v) is 7.79. The van der Waals surface area contributed by atoms with Crippen molar-refractivity contribution in [2.24, 2.45) is 5.92 Å². The maximum atomic E-state index is 14.1. The molecule has 0 bridgehead atoms. The number of nitrogens with zero attached hydrogens (tertiary/aromatic N) is 1. The number of halogens is 1. The minimum atomic E-state index is -1.79. The number of amides is 2. The van der Waals surface area contributed by atoms with Gasteiger partial charge in [-0.3, -0.25) is 9.59 Å². The van der Waals surface area contributed by atoms with Gasteiger partial charge in [0.05, 0.1) is 10.4 Å². The van der Waals surface area contributed by atoms with Crippen LogP contribution in [-0.4, -0.2) is 58.0 Å². The summed E-state index contributed by atoms with van der Waals surface area (Å²) in [4.78, 5) is 41.2. The summed E-state index contributed by atoms with van der Waals surface area (Å²) in [6.45, 7) is 0.114. The minimum Gasteiger partial charge on any atom is -0.446 e. The summed E-state index contributed by atoms with van der Waals surface area (Å²) < 4.78 is 11.5. The predicted octanol–water partition coefficient (Wildman–Crippen LogP) is 4.44. The number of hydrogen-bond donors (Lipinski definition) is 2. The van der Waals surface area contributed by atoms with Crippen LogP contribution in [-0.2, 0) is 25.5 Å². The zero-order chi connectivity index (χ0) is 27.1. The Balaban J connectivity index is 1.63. The summed E-state index contributed by atoms with van der Waals surface area (Å²) in [5.74, 6) is -3.95. The number of cyclic esters (lactones) is 1. The first-order chi connectivity index (χ1) is 18.3. The van der Waals surface area contributed by atoms with Gasteiger partial charge in [0.25, 0.3) is 0 Å². The van der Waals surface area contributed by atoms with Gasteiger partial charge in [-0.05, 0) is 52.4 Å². The van der Waals surface area contributed by atoms with E-state index in [0.717, 1.165) is 28.9 Å². The Morgan fingerprint density at radius 3 is 2.37 bits per heavy atom. The van der Waals surface area contributed by atoms with Crippen LogP contribution in [0.2, 0.25) is 0 Å². The van der Waals surface area contributed by atoms with Crippen LogP contribution in [0.25, 0.3) is 0 Å². The third-order valence-electron chi connectivity index (χ3n) is 6.94. The van der Waals surface area contributed by atoms with Crippen LogP contribution in [0.5, 0.6) is 0 Å². The molecular formula is C29H32BrNO7. The maximum Gasteiger partial charge on any atom is 0.417 e. The normalized spacial score (nSPS) is 24.2. The lowest BCUT2D eigenvalue weighted by molar-refractivity contribution is -0.218. The van der Waals surface area contributed by atoms with E-state index in [0.29, 0.717) is 12.8 Å². The van der Waals surface area contributed by atoms with Gasteiger partial charge in [-0.1, -0.05) is 73.5 Å². The lowest BCUT2D eigenvalue weighted by Crippen LogP contribution is -2.52. The summed E-state index contributed by atoms with van der Waals surface area (Å²) in [5, 5.41) is 20.4. The largest absolute Gasteiger partial charge is 0.446 e. The molecule has 9 heteroatoms. The van der Waals surface area contributed by atoms with Crippen LogP contribution in [0.1, 0.15) is 49.3 Å². The number of rotatable bonds is 11. The molecule has 0 aliphatic carbocycles. The number of benzene rings is 2. The summed E-state index contributed by atoms with van der Waals surface area (Å²) in [6.07, 6.45) is 2.32. The van der Waals surface area contributed by atoms with Crippen molar-refractivity contribution in [1.82, 2.24) is 4.90 Å². The summed E-state index contributed by atoms with van der Waals surface area (Å²) in [6, 6.07) is 17.7. The molecule has 202 valence electrons. The van der Waals surface area contributed by atoms with E-state index in [2.05, 4.69) is 15.9 Å². The Bertz CT molecular complexity index is 1160. The highest BCUT2D eigenvalue weighted by Crippen LogP contribution is 2.39. The standard InChI is InChI=1S/C29H32BrNO7/c30-25-18-24(33)26(38-29(25,36)15-9-1-2-10-16-32)22(17-20-11-5-3-6-12-20)27(34)31-23(19-37-28(31)35)21-13-7-4-8-14-21/h3-8,11-14,18,22-23,26,32,36H,1-2,9-10,15-17,19H2. The van der Waals surface area contributed by atoms with Gasteiger partial charge in [0.15, 0.2) is 11.6 Å². The second-order valence-corrected chi connectivity index (χ2v) is 10.5. The number of unbranched alkanes of at least 4 members (excludes halogenated alkanes) is 3. The predicted molar refractivity (Wildman–Crippen MR) is 143 cm³/mol. The third kappa shape index (κ3) is 6.40. The number of ketones is 1. The lowest BCUT2D eigenvalue weighted by atomic mass is 9.87. The first-order valence-electron chi connectivity index (χ1n) is 12.9. The molecule has 2 aromatic carbocycles. The second kappa shape index (κ2) is 12.8. The van der Waals surface area contributed by atoms with Crippen LogP contribution < -0.4 is 0 Å². The quantitative estimate of drug-likeness (QED) is 0.375. The molecule has 0 aromatic heterocycles. The second-order valence-electron chi connectivity index (χ2n) is 9.61. The van der Waals surface area contributed by atoms with Crippen molar-refractivity contribution < 1.29 is 34.1 Å². The molecule has 8 nitrogen and oxygen atoms in total. The van der Waals surface area contributed by atoms with Crippen molar-refractivity contribution in [2.75, 3.05) is 13.2 Å². The van der Waals surface area contributed by atoms with Gasteiger partial charge >= 0.3 is 6.09 Å². The Kier molecular flexibility index (Phi) is 9.49. The van der Waals surface area contributed by atoms with E-state index in [9.17, 15) is 19.5 Å². The average Bonchev–Trinajstić information content (AvgIpc) is 3.31. The van der Waals surface area contributed by atoms with Crippen molar-refractivity contribution in [3.8, 4) is 0 Å². The molecule has 2 aromatic rings. The van der Waals surface area contributed by atoms with Crippen LogP contribution in [0.4, 0.5) is 4.79 Å². The van der Waals surface area contributed by atoms with Gasteiger partial charge in [0, 0.05) is 13.0 Å². The Morgan fingerprint density at radius 1 is 1.03 bits per heavy atom. The first-order valence-corrected chi connectivity index (χ1v) is 13.6. The number of carbonyl (C=O) groups excluding carboxylic acids is 3. The van der Waals surface area contributed by atoms with Gasteiger partial charge in [-0.2, -0.15) is 0 Å². The Hall–Kier alpha value is -2.85. The SMILES string of the molecule is O=C1C=C(Br)C(O)(CCCCCCO)OC1C(Cc1ccccc1)C(=O)N1C(=O)OCC1c1ccccc1. The van der Waals surface area contributed by atoms with E-state index < -0.39 is 41.6 Å². The van der Waals surface area contributed by atoms with Gasteiger partial charge in [-0.15, -0.1) is 0 Å². The fraction of sp³-hybridized carbons (Fsp3) is 0.414. The molecule has 1 saturated heterocycles. The van der Waals surface area contributed by atoms with E-state index in [1.54, 1.807) is 0 Å². The highest BCUT2D eigenvalue weighted by molar-refractivity contribution is 9.11. The first kappa shape index (κ1) is 28.2. The van der Waals surface area contributed by atoms with Crippen molar-refractivity contribution >= 4 is 33.7 Å². The molecule has 1 fully saturated rings. The fourth-order valence-corrected chi connectivity index (χ4v) is 5.41. The molecule has 4 rings (SSSR count). The molecule has 4 unspecified atom stereocenters. The van der Waals surface area contributed by atoms with E-state index in [4.69, 9.17) is 14.6 Å². The van der Waals surface area contributed by atoms with Gasteiger partial charge in [0.1, 0.15) is 18.8 Å². The topological polar surface area (TPSA) is 113 Å². The van der Waals surface area contributed by atoms with Crippen LogP contribution in [0.15, 0.2) is 71.2 Å². The molecule has 2 amide bonds. The number of carbonyl (C=O) groups is 3. The molecule has 2 heterocycles. The number of hydrogen-bond acceptors (Lipinski definition) is 7.